The van der Waals surface area contributed by atoms with Crippen LogP contribution in [0.25, 0.3) is 0 Å². The van der Waals surface area contributed by atoms with E-state index in [1.54, 1.807) is 0 Å². The number of aliphatic hydroxyl groups is 1. The Morgan fingerprint density at radius 1 is 1.17 bits per heavy atom. The Kier molecular flexibility index (Phi) is 4.47. The van der Waals surface area contributed by atoms with Crippen LogP contribution in [0.4, 0.5) is 0 Å². The van der Waals surface area contributed by atoms with Gasteiger partial charge in [0.1, 0.15) is 0 Å². The van der Waals surface area contributed by atoms with Gasteiger partial charge in [-0.05, 0) is 55.9 Å². The average Bonchev–Trinajstić information content (AvgIpc) is 2.61. The minimum Gasteiger partial charge on any atom is -0.385 e. The number of halogens is 1. The molecule has 0 saturated heterocycles. The molecule has 18 heavy (non-hydrogen) atoms. The molecule has 2 rings (SSSR count). The van der Waals surface area contributed by atoms with Crippen molar-refractivity contribution in [3.05, 3.63) is 46.5 Å². The van der Waals surface area contributed by atoms with Gasteiger partial charge in [0.25, 0.3) is 0 Å². The topological polar surface area (TPSA) is 20.2 Å². The Morgan fingerprint density at radius 3 is 2.61 bits per heavy atom. The molecule has 1 atom stereocenters. The summed E-state index contributed by atoms with van der Waals surface area (Å²) in [7, 11) is 0. The summed E-state index contributed by atoms with van der Waals surface area (Å²) >= 11 is 5.88. The van der Waals surface area contributed by atoms with Crippen LogP contribution in [0.15, 0.2) is 35.9 Å². The quantitative estimate of drug-likeness (QED) is 0.796. The Morgan fingerprint density at radius 2 is 1.89 bits per heavy atom. The van der Waals surface area contributed by atoms with Gasteiger partial charge in [-0.1, -0.05) is 36.2 Å². The third kappa shape index (κ3) is 3.60. The fourth-order valence-electron chi connectivity index (χ4n) is 2.62. The molecular weight excluding hydrogens is 244 g/mol. The summed E-state index contributed by atoms with van der Waals surface area (Å²) in [4.78, 5) is 0. The number of benzene rings is 1. The van der Waals surface area contributed by atoms with Crippen LogP contribution in [-0.2, 0) is 6.42 Å². The highest BCUT2D eigenvalue weighted by molar-refractivity contribution is 6.30. The Hall–Kier alpha value is -0.790. The van der Waals surface area contributed by atoms with Crippen molar-refractivity contribution >= 4 is 11.6 Å². The number of hydrogen-bond donors (Lipinski definition) is 1. The van der Waals surface area contributed by atoms with Gasteiger partial charge in [-0.15, -0.1) is 0 Å². The van der Waals surface area contributed by atoms with Crippen LogP contribution in [0.1, 0.15) is 44.6 Å². The summed E-state index contributed by atoms with van der Waals surface area (Å²) in [5.41, 5.74) is 1.61. The fourth-order valence-corrected chi connectivity index (χ4v) is 2.74. The molecule has 0 heterocycles. The van der Waals surface area contributed by atoms with Crippen LogP contribution < -0.4 is 0 Å². The second-order valence-corrected chi connectivity index (χ2v) is 5.84. The van der Waals surface area contributed by atoms with Crippen LogP contribution in [0.2, 0.25) is 5.02 Å². The molecule has 1 unspecified atom stereocenters. The van der Waals surface area contributed by atoms with Crippen LogP contribution >= 0.6 is 11.6 Å². The van der Waals surface area contributed by atoms with E-state index >= 15 is 0 Å². The summed E-state index contributed by atoms with van der Waals surface area (Å²) in [6, 6.07) is 7.75. The lowest BCUT2D eigenvalue weighted by molar-refractivity contribution is 0.0949. The van der Waals surface area contributed by atoms with E-state index < -0.39 is 5.60 Å². The summed E-state index contributed by atoms with van der Waals surface area (Å²) in [5.74, 6) is 0. The first kappa shape index (κ1) is 13.6. The highest BCUT2D eigenvalue weighted by atomic mass is 35.5. The summed E-state index contributed by atoms with van der Waals surface area (Å²) < 4.78 is 0. The highest BCUT2D eigenvalue weighted by Gasteiger charge is 2.26. The summed E-state index contributed by atoms with van der Waals surface area (Å²) in [6.45, 7) is 1.93. The van der Waals surface area contributed by atoms with Gasteiger partial charge >= 0.3 is 0 Å². The van der Waals surface area contributed by atoms with E-state index in [1.807, 2.05) is 31.2 Å². The van der Waals surface area contributed by atoms with Gasteiger partial charge in [0.05, 0.1) is 5.60 Å². The molecule has 1 aliphatic rings. The predicted molar refractivity (Wildman–Crippen MR) is 76.9 cm³/mol. The SMILES string of the molecule is CC(O)(Cc1ccc(Cl)cc1)C1=CCCCCC1. The first-order chi connectivity index (χ1) is 8.58. The zero-order chi connectivity index (χ0) is 13.0. The van der Waals surface area contributed by atoms with Gasteiger partial charge in [-0.2, -0.15) is 0 Å². The molecule has 0 amide bonds. The Labute approximate surface area is 114 Å². The summed E-state index contributed by atoms with van der Waals surface area (Å²) in [6.07, 6.45) is 8.76. The van der Waals surface area contributed by atoms with Crippen molar-refractivity contribution in [1.82, 2.24) is 0 Å². The molecule has 2 heteroatoms. The maximum atomic E-state index is 10.7. The van der Waals surface area contributed by atoms with Crippen LogP contribution in [0, 0.1) is 0 Å². The lowest BCUT2D eigenvalue weighted by Crippen LogP contribution is -2.30. The molecule has 0 fully saturated rings. The van der Waals surface area contributed by atoms with Gasteiger partial charge in [0.2, 0.25) is 0 Å². The average molecular weight is 265 g/mol. The third-order valence-corrected chi connectivity index (χ3v) is 3.95. The molecule has 0 spiro atoms. The molecule has 0 radical (unpaired) electrons. The third-order valence-electron chi connectivity index (χ3n) is 3.69. The van der Waals surface area contributed by atoms with Gasteiger partial charge in [0, 0.05) is 11.4 Å². The largest absolute Gasteiger partial charge is 0.385 e. The van der Waals surface area contributed by atoms with E-state index in [0.717, 1.165) is 23.4 Å². The van der Waals surface area contributed by atoms with Crippen molar-refractivity contribution in [3.8, 4) is 0 Å². The van der Waals surface area contributed by atoms with Gasteiger partial charge in [-0.3, -0.25) is 0 Å². The standard InChI is InChI=1S/C16H21ClO/c1-16(18,14-6-4-2-3-5-7-14)12-13-8-10-15(17)11-9-13/h6,8-11,18H,2-5,7,12H2,1H3. The maximum absolute atomic E-state index is 10.7. The van der Waals surface area contributed by atoms with Crippen LogP contribution in [0.5, 0.6) is 0 Å². The van der Waals surface area contributed by atoms with E-state index in [2.05, 4.69) is 6.08 Å². The van der Waals surface area contributed by atoms with Crippen LogP contribution in [0.3, 0.4) is 0 Å². The van der Waals surface area contributed by atoms with E-state index in [1.165, 1.54) is 24.8 Å². The molecular formula is C16H21ClO. The molecule has 1 aromatic rings. The van der Waals surface area contributed by atoms with E-state index in [0.29, 0.717) is 6.42 Å². The van der Waals surface area contributed by atoms with Gasteiger partial charge < -0.3 is 5.11 Å². The smallest absolute Gasteiger partial charge is 0.0868 e. The van der Waals surface area contributed by atoms with Crippen molar-refractivity contribution in [1.29, 1.82) is 0 Å². The molecule has 1 nitrogen and oxygen atoms in total. The summed E-state index contributed by atoms with van der Waals surface area (Å²) in [5, 5.41) is 11.4. The first-order valence-corrected chi connectivity index (χ1v) is 7.12. The zero-order valence-corrected chi connectivity index (χ0v) is 11.7. The van der Waals surface area contributed by atoms with Crippen molar-refractivity contribution in [2.24, 2.45) is 0 Å². The van der Waals surface area contributed by atoms with Crippen molar-refractivity contribution in [2.75, 3.05) is 0 Å². The number of rotatable bonds is 3. The molecule has 0 aliphatic heterocycles. The minimum absolute atomic E-state index is 0.663. The van der Waals surface area contributed by atoms with Gasteiger partial charge in [0.15, 0.2) is 0 Å². The van der Waals surface area contributed by atoms with E-state index in [9.17, 15) is 5.11 Å². The molecule has 98 valence electrons. The second kappa shape index (κ2) is 5.90. The molecule has 1 aliphatic carbocycles. The highest BCUT2D eigenvalue weighted by Crippen LogP contribution is 2.29. The lowest BCUT2D eigenvalue weighted by Gasteiger charge is -2.27. The zero-order valence-electron chi connectivity index (χ0n) is 11.0. The Bertz CT molecular complexity index is 417. The monoisotopic (exact) mass is 264 g/mol. The fraction of sp³-hybridized carbons (Fsp3) is 0.500. The van der Waals surface area contributed by atoms with Crippen molar-refractivity contribution in [2.45, 2.75) is 51.0 Å². The van der Waals surface area contributed by atoms with E-state index in [4.69, 9.17) is 11.6 Å². The Balaban J connectivity index is 2.10. The molecule has 0 saturated carbocycles. The normalized spacial score (nSPS) is 19.8. The van der Waals surface area contributed by atoms with Crippen molar-refractivity contribution in [3.63, 3.8) is 0 Å². The minimum atomic E-state index is -0.724. The number of hydrogen-bond acceptors (Lipinski definition) is 1. The maximum Gasteiger partial charge on any atom is 0.0868 e. The molecule has 0 bridgehead atoms. The van der Waals surface area contributed by atoms with Gasteiger partial charge in [-0.25, -0.2) is 0 Å². The first-order valence-electron chi connectivity index (χ1n) is 6.74. The van der Waals surface area contributed by atoms with Crippen LogP contribution in [-0.4, -0.2) is 10.7 Å². The molecule has 1 N–H and O–H groups in total. The second-order valence-electron chi connectivity index (χ2n) is 5.41. The number of allylic oxidation sites excluding steroid dienone is 1. The molecule has 1 aromatic carbocycles. The lowest BCUT2D eigenvalue weighted by atomic mass is 9.86. The molecule has 0 aromatic heterocycles. The van der Waals surface area contributed by atoms with Crippen molar-refractivity contribution < 1.29 is 5.11 Å². The van der Waals surface area contributed by atoms with E-state index in [-0.39, 0.29) is 0 Å². The predicted octanol–water partition coefficient (Wildman–Crippen LogP) is 4.52.